The van der Waals surface area contributed by atoms with Crippen molar-refractivity contribution in [3.05, 3.63) is 71.2 Å². The van der Waals surface area contributed by atoms with Crippen LogP contribution in [0.25, 0.3) is 10.9 Å². The quantitative estimate of drug-likeness (QED) is 0.102. The molecule has 6 heteroatoms. The Bertz CT molecular complexity index is 1090. The van der Waals surface area contributed by atoms with E-state index < -0.39 is 6.23 Å². The first kappa shape index (κ1) is 28.5. The van der Waals surface area contributed by atoms with Gasteiger partial charge in [0.05, 0.1) is 22.5 Å². The van der Waals surface area contributed by atoms with Crippen LogP contribution in [-0.4, -0.2) is 33.7 Å². The fourth-order valence-electron chi connectivity index (χ4n) is 3.76. The predicted octanol–water partition coefficient (Wildman–Crippen LogP) is 6.30. The van der Waals surface area contributed by atoms with Crippen LogP contribution in [0.4, 0.5) is 0 Å². The van der Waals surface area contributed by atoms with Gasteiger partial charge in [0.15, 0.2) is 0 Å². The highest BCUT2D eigenvalue weighted by molar-refractivity contribution is 8.11. The molecule has 186 valence electrons. The number of aliphatic imine (C=N–C) groups is 1. The molecule has 0 saturated carbocycles. The second-order valence-corrected chi connectivity index (χ2v) is 9.32. The Balaban J connectivity index is 0.00000137. The van der Waals surface area contributed by atoms with Crippen molar-refractivity contribution in [1.82, 2.24) is 15.3 Å². The highest BCUT2D eigenvalue weighted by atomic mass is 32.2. The van der Waals surface area contributed by atoms with E-state index in [1.54, 1.807) is 25.7 Å². The van der Waals surface area contributed by atoms with E-state index in [0.29, 0.717) is 5.69 Å². The SMILES string of the molecule is C#CC.CCCCC[C@H](C)NC(O)c1cc(Cc2ccc(CSC=NC)nc2)c2ccccc2n1. The van der Waals surface area contributed by atoms with Gasteiger partial charge in [-0.15, -0.1) is 24.1 Å². The van der Waals surface area contributed by atoms with Gasteiger partial charge in [0.2, 0.25) is 0 Å². The number of fused-ring (bicyclic) bond motifs is 1. The Morgan fingerprint density at radius 3 is 2.69 bits per heavy atom. The standard InChI is InChI=1S/C26H34N4OS.C3H4/c1-4-5-6-9-19(2)29-26(31)25-15-21(23-10-7-8-11-24(23)30-25)14-20-12-13-22(28-16-20)17-32-18-27-3;1-3-2/h7-8,10-13,15-16,18-19,26,29,31H,4-6,9,14,17H2,1-3H3;1H,2H3/t19-,26?;/m0./s1. The molecule has 2 atom stereocenters. The maximum Gasteiger partial charge on any atom is 0.148 e. The molecule has 0 spiro atoms. The van der Waals surface area contributed by atoms with Crippen molar-refractivity contribution in [2.75, 3.05) is 7.05 Å². The van der Waals surface area contributed by atoms with Crippen LogP contribution in [0.3, 0.4) is 0 Å². The minimum Gasteiger partial charge on any atom is -0.373 e. The van der Waals surface area contributed by atoms with Gasteiger partial charge >= 0.3 is 0 Å². The molecule has 3 aromatic rings. The zero-order valence-corrected chi connectivity index (χ0v) is 22.2. The average Bonchev–Trinajstić information content (AvgIpc) is 2.86. The Morgan fingerprint density at radius 1 is 1.23 bits per heavy atom. The van der Waals surface area contributed by atoms with Gasteiger partial charge in [0.1, 0.15) is 6.23 Å². The summed E-state index contributed by atoms with van der Waals surface area (Å²) in [6.45, 7) is 5.98. The number of terminal acetylenes is 1. The van der Waals surface area contributed by atoms with Crippen LogP contribution in [0, 0.1) is 12.3 Å². The first-order valence-electron chi connectivity index (χ1n) is 12.2. The number of aliphatic hydroxyl groups excluding tert-OH is 1. The Labute approximate surface area is 214 Å². The number of nitrogens with one attached hydrogen (secondary N) is 1. The van der Waals surface area contributed by atoms with Crippen molar-refractivity contribution >= 4 is 28.2 Å². The van der Waals surface area contributed by atoms with Gasteiger partial charge in [-0.3, -0.25) is 15.3 Å². The summed E-state index contributed by atoms with van der Waals surface area (Å²) < 4.78 is 0. The van der Waals surface area contributed by atoms with Crippen molar-refractivity contribution < 1.29 is 5.11 Å². The second kappa shape index (κ2) is 16.0. The van der Waals surface area contributed by atoms with E-state index in [0.717, 1.165) is 46.3 Å². The summed E-state index contributed by atoms with van der Waals surface area (Å²) in [6.07, 6.45) is 11.1. The van der Waals surface area contributed by atoms with Crippen molar-refractivity contribution in [3.63, 3.8) is 0 Å². The molecule has 2 heterocycles. The molecule has 1 aromatic carbocycles. The lowest BCUT2D eigenvalue weighted by molar-refractivity contribution is 0.119. The maximum atomic E-state index is 10.8. The highest BCUT2D eigenvalue weighted by Crippen LogP contribution is 2.24. The summed E-state index contributed by atoms with van der Waals surface area (Å²) in [5.74, 6) is 3.06. The first-order valence-corrected chi connectivity index (χ1v) is 13.2. The van der Waals surface area contributed by atoms with Gasteiger partial charge in [0, 0.05) is 30.4 Å². The fourth-order valence-corrected chi connectivity index (χ4v) is 4.32. The van der Waals surface area contributed by atoms with E-state index >= 15 is 0 Å². The minimum absolute atomic E-state index is 0.237. The van der Waals surface area contributed by atoms with Crippen LogP contribution >= 0.6 is 11.8 Å². The van der Waals surface area contributed by atoms with E-state index in [-0.39, 0.29) is 6.04 Å². The third-order valence-corrected chi connectivity index (χ3v) is 6.30. The molecule has 5 nitrogen and oxygen atoms in total. The zero-order chi connectivity index (χ0) is 25.5. The number of aromatic nitrogens is 2. The summed E-state index contributed by atoms with van der Waals surface area (Å²) in [7, 11) is 1.77. The second-order valence-electron chi connectivity index (χ2n) is 8.49. The Morgan fingerprint density at radius 2 is 2.00 bits per heavy atom. The lowest BCUT2D eigenvalue weighted by atomic mass is 10.0. The molecule has 0 aliphatic rings. The number of aliphatic hydroxyl groups is 1. The number of rotatable bonds is 12. The molecule has 2 N–H and O–H groups in total. The molecule has 0 saturated heterocycles. The minimum atomic E-state index is -0.785. The number of hydrogen-bond donors (Lipinski definition) is 2. The summed E-state index contributed by atoms with van der Waals surface area (Å²) in [5.41, 5.74) is 6.73. The van der Waals surface area contributed by atoms with Crippen LogP contribution < -0.4 is 5.32 Å². The first-order chi connectivity index (χ1) is 17.0. The molecule has 0 bridgehead atoms. The van der Waals surface area contributed by atoms with Gasteiger partial charge < -0.3 is 5.11 Å². The van der Waals surface area contributed by atoms with Gasteiger partial charge in [-0.2, -0.15) is 0 Å². The number of para-hydroxylation sites is 1. The van der Waals surface area contributed by atoms with Crippen molar-refractivity contribution in [3.8, 4) is 12.3 Å². The molecule has 0 aliphatic heterocycles. The van der Waals surface area contributed by atoms with Crippen LogP contribution in [0.2, 0.25) is 0 Å². The molecular formula is C29H38N4OS. The number of benzene rings is 1. The predicted molar refractivity (Wildman–Crippen MR) is 151 cm³/mol. The Hall–Kier alpha value is -2.72. The van der Waals surface area contributed by atoms with Gasteiger partial charge in [0.25, 0.3) is 0 Å². The fraction of sp³-hybridized carbons (Fsp3) is 0.414. The van der Waals surface area contributed by atoms with E-state index in [1.807, 2.05) is 36.0 Å². The zero-order valence-electron chi connectivity index (χ0n) is 21.4. The lowest BCUT2D eigenvalue weighted by Gasteiger charge is -2.20. The molecule has 0 fully saturated rings. The molecule has 3 rings (SSSR count). The summed E-state index contributed by atoms with van der Waals surface area (Å²) >= 11 is 1.64. The lowest BCUT2D eigenvalue weighted by Crippen LogP contribution is -2.31. The van der Waals surface area contributed by atoms with Crippen molar-refractivity contribution in [2.24, 2.45) is 4.99 Å². The number of pyridine rings is 2. The largest absolute Gasteiger partial charge is 0.373 e. The van der Waals surface area contributed by atoms with Crippen LogP contribution in [0.1, 0.15) is 75.2 Å². The van der Waals surface area contributed by atoms with Crippen molar-refractivity contribution in [1.29, 1.82) is 0 Å². The van der Waals surface area contributed by atoms with E-state index in [4.69, 9.17) is 4.98 Å². The monoisotopic (exact) mass is 490 g/mol. The third-order valence-electron chi connectivity index (χ3n) is 5.48. The smallest absolute Gasteiger partial charge is 0.148 e. The Kier molecular flexibility index (Phi) is 13.1. The molecular weight excluding hydrogens is 452 g/mol. The summed E-state index contributed by atoms with van der Waals surface area (Å²) in [5, 5.41) is 15.3. The van der Waals surface area contributed by atoms with Crippen molar-refractivity contribution in [2.45, 2.75) is 70.9 Å². The van der Waals surface area contributed by atoms with E-state index in [9.17, 15) is 5.11 Å². The van der Waals surface area contributed by atoms with Gasteiger partial charge in [-0.1, -0.05) is 50.5 Å². The highest BCUT2D eigenvalue weighted by Gasteiger charge is 2.15. The molecule has 2 aromatic heterocycles. The molecule has 0 radical (unpaired) electrons. The molecule has 0 aliphatic carbocycles. The number of thioether (sulfide) groups is 1. The summed E-state index contributed by atoms with van der Waals surface area (Å²) in [6, 6.07) is 14.6. The maximum absolute atomic E-state index is 10.8. The summed E-state index contributed by atoms with van der Waals surface area (Å²) in [4.78, 5) is 13.3. The molecule has 1 unspecified atom stereocenters. The van der Waals surface area contributed by atoms with E-state index in [2.05, 4.69) is 59.7 Å². The number of unbranched alkanes of at least 4 members (excludes halogenated alkanes) is 2. The normalized spacial score (nSPS) is 12.7. The van der Waals surface area contributed by atoms with Crippen LogP contribution in [-0.2, 0) is 12.2 Å². The number of hydrogen-bond acceptors (Lipinski definition) is 6. The molecule has 35 heavy (non-hydrogen) atoms. The average molecular weight is 491 g/mol. The molecule has 0 amide bonds. The van der Waals surface area contributed by atoms with Crippen LogP contribution in [0.15, 0.2) is 53.7 Å². The van der Waals surface area contributed by atoms with E-state index in [1.165, 1.54) is 19.3 Å². The van der Waals surface area contributed by atoms with Gasteiger partial charge in [-0.05, 0) is 56.0 Å². The van der Waals surface area contributed by atoms with Crippen LogP contribution in [0.5, 0.6) is 0 Å². The van der Waals surface area contributed by atoms with Gasteiger partial charge in [-0.25, -0.2) is 4.98 Å². The number of nitrogens with zero attached hydrogens (tertiary/aromatic N) is 3. The third kappa shape index (κ3) is 9.81. The topological polar surface area (TPSA) is 70.4 Å².